The van der Waals surface area contributed by atoms with E-state index in [1.54, 1.807) is 4.90 Å². The summed E-state index contributed by atoms with van der Waals surface area (Å²) in [5, 5.41) is 8.25. The van der Waals surface area contributed by atoms with Gasteiger partial charge in [0.25, 0.3) is 0 Å². The Balaban J connectivity index is 1.83. The highest BCUT2D eigenvalue weighted by Gasteiger charge is 2.14. The molecule has 2 aromatic rings. The van der Waals surface area contributed by atoms with Crippen LogP contribution in [0.4, 0.5) is 0 Å². The van der Waals surface area contributed by atoms with Crippen molar-refractivity contribution in [3.05, 3.63) is 40.5 Å². The molecule has 3 rings (SSSR count). The molecule has 0 radical (unpaired) electrons. The lowest BCUT2D eigenvalue weighted by molar-refractivity contribution is -0.884. The summed E-state index contributed by atoms with van der Waals surface area (Å²) in [5.41, 5.74) is 2.99. The van der Waals surface area contributed by atoms with Crippen LogP contribution in [0.1, 0.15) is 11.1 Å². The molecule has 0 saturated carbocycles. The van der Waals surface area contributed by atoms with Crippen LogP contribution in [0.5, 0.6) is 0 Å². The Labute approximate surface area is 130 Å². The van der Waals surface area contributed by atoms with E-state index in [1.165, 1.54) is 5.56 Å². The van der Waals surface area contributed by atoms with Crippen LogP contribution in [-0.4, -0.2) is 49.4 Å². The van der Waals surface area contributed by atoms with Gasteiger partial charge in [-0.2, -0.15) is 5.10 Å². The Morgan fingerprint density at radius 1 is 1.29 bits per heavy atom. The van der Waals surface area contributed by atoms with Crippen molar-refractivity contribution in [3.8, 4) is 0 Å². The molecule has 1 aliphatic heterocycles. The van der Waals surface area contributed by atoms with Crippen molar-refractivity contribution in [2.45, 2.75) is 6.92 Å². The van der Waals surface area contributed by atoms with Gasteiger partial charge in [0.1, 0.15) is 5.15 Å². The number of aryl methyl sites for hydroxylation is 1. The number of rotatable bonds is 2. The zero-order chi connectivity index (χ0) is 14.8. The van der Waals surface area contributed by atoms with Crippen molar-refractivity contribution in [1.82, 2.24) is 9.99 Å². The standard InChI is InChI=1S/C16H19ClN4/c1-12-3-4-13-10-14(16(17)19-15(13)9-12)11-18-21-7-5-20(2)6-8-21/h3-4,9-11H,5-8H2,1-2H3/p+1/b18-11-. The van der Waals surface area contributed by atoms with Gasteiger partial charge in [-0.1, -0.05) is 23.7 Å². The predicted octanol–water partition coefficient (Wildman–Crippen LogP) is 1.36. The molecule has 1 aliphatic rings. The largest absolute Gasteiger partial charge is 0.334 e. The van der Waals surface area contributed by atoms with E-state index in [9.17, 15) is 0 Å². The van der Waals surface area contributed by atoms with E-state index in [4.69, 9.17) is 11.6 Å². The number of hydrogen-bond acceptors (Lipinski definition) is 3. The number of nitrogens with one attached hydrogen (secondary N) is 1. The van der Waals surface area contributed by atoms with Gasteiger partial charge in [-0.15, -0.1) is 0 Å². The van der Waals surface area contributed by atoms with E-state index in [0.29, 0.717) is 5.15 Å². The van der Waals surface area contributed by atoms with Gasteiger partial charge in [-0.25, -0.2) is 4.98 Å². The van der Waals surface area contributed by atoms with Crippen LogP contribution in [-0.2, 0) is 0 Å². The van der Waals surface area contributed by atoms with Gasteiger partial charge in [-0.05, 0) is 24.6 Å². The number of likely N-dealkylation sites (N-methyl/N-ethyl adjacent to an activating group) is 1. The highest BCUT2D eigenvalue weighted by Crippen LogP contribution is 2.20. The number of fused-ring (bicyclic) bond motifs is 1. The summed E-state index contributed by atoms with van der Waals surface area (Å²) in [6, 6.07) is 8.26. The number of halogens is 1. The van der Waals surface area contributed by atoms with E-state index in [1.807, 2.05) is 12.3 Å². The molecule has 1 aromatic carbocycles. The first-order chi connectivity index (χ1) is 10.1. The molecule has 0 unspecified atom stereocenters. The monoisotopic (exact) mass is 303 g/mol. The number of piperazine rings is 1. The van der Waals surface area contributed by atoms with Gasteiger partial charge in [-0.3, -0.25) is 5.01 Å². The van der Waals surface area contributed by atoms with Gasteiger partial charge < -0.3 is 4.90 Å². The van der Waals surface area contributed by atoms with Crippen molar-refractivity contribution in [2.75, 3.05) is 33.2 Å². The van der Waals surface area contributed by atoms with Gasteiger partial charge >= 0.3 is 0 Å². The fourth-order valence-electron chi connectivity index (χ4n) is 2.50. The molecule has 21 heavy (non-hydrogen) atoms. The molecule has 2 heterocycles. The van der Waals surface area contributed by atoms with Crippen LogP contribution in [0.3, 0.4) is 0 Å². The quantitative estimate of drug-likeness (QED) is 0.671. The number of hydrogen-bond donors (Lipinski definition) is 1. The first-order valence-electron chi connectivity index (χ1n) is 7.29. The Morgan fingerprint density at radius 2 is 2.05 bits per heavy atom. The van der Waals surface area contributed by atoms with Crippen molar-refractivity contribution in [1.29, 1.82) is 0 Å². The summed E-state index contributed by atoms with van der Waals surface area (Å²) < 4.78 is 0. The predicted molar refractivity (Wildman–Crippen MR) is 87.3 cm³/mol. The third-order valence-electron chi connectivity index (χ3n) is 3.91. The number of aromatic nitrogens is 1. The molecular formula is C16H20ClN4+. The molecule has 0 amide bonds. The average molecular weight is 304 g/mol. The van der Waals surface area contributed by atoms with Crippen LogP contribution in [0, 0.1) is 6.92 Å². The third-order valence-corrected chi connectivity index (χ3v) is 4.21. The maximum Gasteiger partial charge on any atom is 0.138 e. The van der Waals surface area contributed by atoms with E-state index >= 15 is 0 Å². The molecule has 0 spiro atoms. The SMILES string of the molecule is Cc1ccc2cc(/C=N\N3CC[NH+](C)CC3)c(Cl)nc2c1. The van der Waals surface area contributed by atoms with Crippen molar-refractivity contribution in [2.24, 2.45) is 5.10 Å². The maximum atomic E-state index is 6.27. The van der Waals surface area contributed by atoms with Crippen molar-refractivity contribution < 1.29 is 4.90 Å². The highest BCUT2D eigenvalue weighted by molar-refractivity contribution is 6.32. The number of hydrazone groups is 1. The summed E-state index contributed by atoms with van der Waals surface area (Å²) in [6.45, 7) is 6.28. The van der Waals surface area contributed by atoms with Crippen LogP contribution < -0.4 is 4.90 Å². The number of quaternary nitrogens is 1. The topological polar surface area (TPSA) is 32.9 Å². The average Bonchev–Trinajstić information content (AvgIpc) is 2.47. The molecule has 1 fully saturated rings. The van der Waals surface area contributed by atoms with Gasteiger partial charge in [0.05, 0.1) is 45.0 Å². The van der Waals surface area contributed by atoms with E-state index < -0.39 is 0 Å². The van der Waals surface area contributed by atoms with E-state index in [2.05, 4.69) is 47.3 Å². The molecule has 1 aromatic heterocycles. The summed E-state index contributed by atoms with van der Waals surface area (Å²) in [4.78, 5) is 6.02. The summed E-state index contributed by atoms with van der Waals surface area (Å²) in [7, 11) is 2.22. The molecule has 1 N–H and O–H groups in total. The molecule has 1 saturated heterocycles. The summed E-state index contributed by atoms with van der Waals surface area (Å²) in [6.07, 6.45) is 1.83. The molecule has 0 atom stereocenters. The van der Waals surface area contributed by atoms with Crippen LogP contribution in [0.15, 0.2) is 29.4 Å². The number of nitrogens with zero attached hydrogens (tertiary/aromatic N) is 3. The Kier molecular flexibility index (Phi) is 4.08. The summed E-state index contributed by atoms with van der Waals surface area (Å²) >= 11 is 6.27. The fraction of sp³-hybridized carbons (Fsp3) is 0.375. The van der Waals surface area contributed by atoms with Crippen molar-refractivity contribution in [3.63, 3.8) is 0 Å². The molecule has 0 aliphatic carbocycles. The lowest BCUT2D eigenvalue weighted by atomic mass is 10.1. The van der Waals surface area contributed by atoms with Crippen LogP contribution in [0.2, 0.25) is 5.15 Å². The fourth-order valence-corrected chi connectivity index (χ4v) is 2.69. The van der Waals surface area contributed by atoms with Crippen LogP contribution >= 0.6 is 11.6 Å². The van der Waals surface area contributed by atoms with E-state index in [0.717, 1.165) is 42.6 Å². The van der Waals surface area contributed by atoms with Gasteiger partial charge in [0.2, 0.25) is 0 Å². The van der Waals surface area contributed by atoms with Gasteiger partial charge in [0, 0.05) is 10.9 Å². The van der Waals surface area contributed by atoms with Crippen LogP contribution in [0.25, 0.3) is 10.9 Å². The van der Waals surface area contributed by atoms with Crippen molar-refractivity contribution >= 4 is 28.7 Å². The third kappa shape index (κ3) is 3.34. The first-order valence-corrected chi connectivity index (χ1v) is 7.67. The Morgan fingerprint density at radius 3 is 2.81 bits per heavy atom. The van der Waals surface area contributed by atoms with E-state index in [-0.39, 0.29) is 0 Å². The smallest absolute Gasteiger partial charge is 0.138 e. The number of benzene rings is 1. The Bertz CT molecular complexity index is 675. The first kappa shape index (κ1) is 14.3. The zero-order valence-corrected chi connectivity index (χ0v) is 13.2. The highest BCUT2D eigenvalue weighted by atomic mass is 35.5. The second-order valence-electron chi connectivity index (χ2n) is 5.72. The maximum absolute atomic E-state index is 6.27. The lowest BCUT2D eigenvalue weighted by Gasteiger charge is -2.27. The molecular weight excluding hydrogens is 284 g/mol. The second-order valence-corrected chi connectivity index (χ2v) is 6.08. The Hall–Kier alpha value is -1.65. The molecule has 4 nitrogen and oxygen atoms in total. The molecule has 110 valence electrons. The lowest BCUT2D eigenvalue weighted by Crippen LogP contribution is -3.11. The minimum absolute atomic E-state index is 0.511. The van der Waals surface area contributed by atoms with Gasteiger partial charge in [0.15, 0.2) is 0 Å². The molecule has 5 heteroatoms. The minimum Gasteiger partial charge on any atom is -0.334 e. The zero-order valence-electron chi connectivity index (χ0n) is 12.4. The number of pyridine rings is 1. The summed E-state index contributed by atoms with van der Waals surface area (Å²) in [5.74, 6) is 0. The molecule has 0 bridgehead atoms. The second kappa shape index (κ2) is 6.00. The minimum atomic E-state index is 0.511. The normalized spacial score (nSPS) is 17.0.